The van der Waals surface area contributed by atoms with Crippen LogP contribution in [0.4, 0.5) is 24.5 Å². The number of hydrogen-bond donors (Lipinski definition) is 2. The van der Waals surface area contributed by atoms with Gasteiger partial charge in [-0.1, -0.05) is 6.08 Å². The SMILES string of the molecule is CNc1ccn(-c2ccnc3c2cc([C@H](C)N2CC=C(c4c(C)cc(C(=O)N5CCC(CN6CCN(c7cc8c(cc7F)n(C7CCC(=O)NC7=O)c(=O)n8C)CC6)CC5)cc4F)CC2)n3C)c(=O)c1F. The lowest BCUT2D eigenvalue weighted by Gasteiger charge is -2.39. The number of pyridine rings is 2. The number of anilines is 2. The van der Waals surface area contributed by atoms with Gasteiger partial charge in [0.2, 0.25) is 17.6 Å². The van der Waals surface area contributed by atoms with Crippen LogP contribution in [0.5, 0.6) is 0 Å². The van der Waals surface area contributed by atoms with E-state index in [1.807, 2.05) is 34.4 Å². The van der Waals surface area contributed by atoms with Crippen LogP contribution in [0.25, 0.3) is 33.3 Å². The van der Waals surface area contributed by atoms with E-state index >= 15 is 8.78 Å². The van der Waals surface area contributed by atoms with Crippen molar-refractivity contribution >= 4 is 56.7 Å². The highest BCUT2D eigenvalue weighted by Gasteiger charge is 2.34. The Morgan fingerprint density at radius 2 is 1.62 bits per heavy atom. The smallest absolute Gasteiger partial charge is 0.329 e. The monoisotopic (exact) mass is 973 g/mol. The molecule has 1 unspecified atom stereocenters. The van der Waals surface area contributed by atoms with Crippen molar-refractivity contribution in [1.29, 1.82) is 0 Å². The molecule has 8 heterocycles. The third kappa shape index (κ3) is 8.61. The predicted octanol–water partition coefficient (Wildman–Crippen LogP) is 5.65. The maximum Gasteiger partial charge on any atom is 0.329 e. The molecule has 4 aliphatic rings. The average Bonchev–Trinajstić information content (AvgIpc) is 3.82. The molecule has 2 aromatic carbocycles. The Labute approximate surface area is 407 Å². The Kier molecular flexibility index (Phi) is 12.7. The Morgan fingerprint density at radius 3 is 2.31 bits per heavy atom. The number of carbonyl (C=O) groups is 3. The van der Waals surface area contributed by atoms with Crippen molar-refractivity contribution in [2.75, 3.05) is 76.2 Å². The number of likely N-dealkylation sites (tertiary alicyclic amines) is 1. The molecular weight excluding hydrogens is 916 g/mol. The molecule has 19 heteroatoms. The minimum Gasteiger partial charge on any atom is -0.386 e. The molecule has 0 spiro atoms. The van der Waals surface area contributed by atoms with Crippen molar-refractivity contribution in [3.05, 3.63) is 122 Å². The number of imidazole rings is 1. The molecule has 10 rings (SSSR count). The minimum absolute atomic E-state index is 0.0610. The van der Waals surface area contributed by atoms with Gasteiger partial charge >= 0.3 is 5.69 Å². The number of nitrogens with zero attached hydrogens (tertiary/aromatic N) is 9. The average molecular weight is 974 g/mol. The topological polar surface area (TPSA) is 155 Å². The molecular formula is C52H58F3N11O5. The van der Waals surface area contributed by atoms with Crippen molar-refractivity contribution in [2.45, 2.75) is 58.0 Å². The zero-order chi connectivity index (χ0) is 50.0. The van der Waals surface area contributed by atoms with Crippen molar-refractivity contribution in [1.82, 2.24) is 43.3 Å². The maximum absolute atomic E-state index is 16.1. The van der Waals surface area contributed by atoms with Crippen LogP contribution in [-0.4, -0.2) is 122 Å². The number of amides is 3. The van der Waals surface area contributed by atoms with Crippen molar-refractivity contribution < 1.29 is 27.6 Å². The van der Waals surface area contributed by atoms with Crippen molar-refractivity contribution in [3.8, 4) is 5.69 Å². The first kappa shape index (κ1) is 47.7. The third-order valence-electron chi connectivity index (χ3n) is 15.4. The number of halogens is 3. The van der Waals surface area contributed by atoms with Gasteiger partial charge in [0.25, 0.3) is 11.5 Å². The fourth-order valence-corrected chi connectivity index (χ4v) is 11.3. The van der Waals surface area contributed by atoms with E-state index in [1.165, 1.54) is 31.9 Å². The number of benzene rings is 2. The molecule has 3 amide bonds. The zero-order valence-electron chi connectivity index (χ0n) is 40.6. The number of fused-ring (bicyclic) bond motifs is 2. The van der Waals surface area contributed by atoms with Crippen LogP contribution in [0.2, 0.25) is 0 Å². The first-order valence-electron chi connectivity index (χ1n) is 24.4. The molecule has 3 fully saturated rings. The van der Waals surface area contributed by atoms with Crippen molar-refractivity contribution in [2.24, 2.45) is 20.0 Å². The van der Waals surface area contributed by atoms with E-state index < -0.39 is 40.6 Å². The fraction of sp³-hybridized carbons (Fsp3) is 0.423. The number of imide groups is 1. The van der Waals surface area contributed by atoms with Crippen LogP contribution < -0.4 is 26.8 Å². The quantitative estimate of drug-likeness (QED) is 0.165. The molecule has 0 bridgehead atoms. The number of rotatable bonds is 10. The molecule has 2 N–H and O–H groups in total. The Morgan fingerprint density at radius 1 is 0.859 bits per heavy atom. The lowest BCUT2D eigenvalue weighted by Crippen LogP contribution is -2.49. The van der Waals surface area contributed by atoms with Gasteiger partial charge in [-0.15, -0.1) is 0 Å². The van der Waals surface area contributed by atoms with Gasteiger partial charge in [-0.25, -0.2) is 18.6 Å². The molecule has 2 atom stereocenters. The summed E-state index contributed by atoms with van der Waals surface area (Å²) in [7, 11) is 5.09. The van der Waals surface area contributed by atoms with Crippen LogP contribution in [-0.2, 0) is 23.7 Å². The summed E-state index contributed by atoms with van der Waals surface area (Å²) >= 11 is 0. The number of hydrogen-bond acceptors (Lipinski definition) is 10. The first-order valence-corrected chi connectivity index (χ1v) is 24.4. The summed E-state index contributed by atoms with van der Waals surface area (Å²) < 4.78 is 52.7. The van der Waals surface area contributed by atoms with E-state index in [0.717, 1.165) is 49.1 Å². The number of aromatic nitrogens is 5. The Hall–Kier alpha value is -6.99. The summed E-state index contributed by atoms with van der Waals surface area (Å²) in [6.45, 7) is 9.80. The largest absolute Gasteiger partial charge is 0.386 e. The normalized spacial score (nSPS) is 19.2. The van der Waals surface area contributed by atoms with Gasteiger partial charge in [0.05, 0.1) is 28.1 Å². The Balaban J connectivity index is 0.734. The molecule has 372 valence electrons. The van der Waals surface area contributed by atoms with Crippen molar-refractivity contribution in [3.63, 3.8) is 0 Å². The van der Waals surface area contributed by atoms with Gasteiger partial charge in [-0.05, 0) is 93.0 Å². The molecule has 0 radical (unpaired) electrons. The second-order valence-corrected chi connectivity index (χ2v) is 19.5. The molecule has 4 aromatic heterocycles. The van der Waals surface area contributed by atoms with Gasteiger partial charge in [-0.2, -0.15) is 4.39 Å². The van der Waals surface area contributed by atoms with E-state index in [2.05, 4.69) is 38.4 Å². The van der Waals surface area contributed by atoms with Gasteiger partial charge < -0.3 is 19.7 Å². The first-order chi connectivity index (χ1) is 34.1. The summed E-state index contributed by atoms with van der Waals surface area (Å²) in [5, 5.41) is 5.72. The van der Waals surface area contributed by atoms with E-state index in [0.29, 0.717) is 96.4 Å². The van der Waals surface area contributed by atoms with Gasteiger partial charge in [0.15, 0.2) is 0 Å². The van der Waals surface area contributed by atoms with E-state index in [4.69, 9.17) is 0 Å². The molecule has 16 nitrogen and oxygen atoms in total. The number of nitrogens with one attached hydrogen (secondary N) is 2. The van der Waals surface area contributed by atoms with Crippen LogP contribution in [0.3, 0.4) is 0 Å². The van der Waals surface area contributed by atoms with Gasteiger partial charge in [-0.3, -0.25) is 48.0 Å². The number of carbonyl (C=O) groups excluding carboxylic acids is 3. The number of aryl methyl sites for hydroxylation is 3. The summed E-state index contributed by atoms with van der Waals surface area (Å²) in [4.78, 5) is 77.5. The fourth-order valence-electron chi connectivity index (χ4n) is 11.3. The summed E-state index contributed by atoms with van der Waals surface area (Å²) in [6.07, 6.45) is 7.74. The predicted molar refractivity (Wildman–Crippen MR) is 265 cm³/mol. The second-order valence-electron chi connectivity index (χ2n) is 19.5. The molecule has 0 saturated carbocycles. The molecule has 0 aliphatic carbocycles. The van der Waals surface area contributed by atoms with Gasteiger partial charge in [0.1, 0.15) is 23.3 Å². The lowest BCUT2D eigenvalue weighted by molar-refractivity contribution is -0.135. The van der Waals surface area contributed by atoms with Crippen LogP contribution in [0.15, 0.2) is 70.5 Å². The highest BCUT2D eigenvalue weighted by atomic mass is 19.1. The van der Waals surface area contributed by atoms with Gasteiger partial charge in [0, 0.05) is 133 Å². The Bertz CT molecular complexity index is 3260. The molecule has 71 heavy (non-hydrogen) atoms. The highest BCUT2D eigenvalue weighted by Crippen LogP contribution is 2.35. The summed E-state index contributed by atoms with van der Waals surface area (Å²) in [5.41, 5.74) is 4.80. The standard InChI is InChI=1S/C52H58F3N11O5/c1-30-24-34(25-37(54)46(30)33-11-17-62(18-12-33)31(2)41-26-35-39(8-14-57-48(35)59(41)4)65-19-13-38(56-3)47(55)51(65)70)50(69)64-15-9-32(10-16-64)29-61-20-22-63(23-21-61)42-28-43-44(27-36(42)53)66(52(71)60(43)5)40-6-7-45(67)58-49(40)68/h8,11,13-14,19,24-28,31-32,40,56H,6-7,9-10,12,15-18,20-23,29H2,1-5H3,(H,58,67,68)/t31-,40?/m0/s1. The zero-order valence-corrected chi connectivity index (χ0v) is 40.6. The van der Waals surface area contributed by atoms with Crippen LogP contribution in [0.1, 0.15) is 78.3 Å². The maximum atomic E-state index is 16.1. The second kappa shape index (κ2) is 19.0. The summed E-state index contributed by atoms with van der Waals surface area (Å²) in [5.74, 6) is -2.51. The summed E-state index contributed by atoms with van der Waals surface area (Å²) in [6, 6.07) is 10.5. The molecule has 6 aromatic rings. The lowest BCUT2D eigenvalue weighted by atomic mass is 9.92. The third-order valence-corrected chi connectivity index (χ3v) is 15.4. The minimum atomic E-state index is -0.891. The van der Waals surface area contributed by atoms with E-state index in [1.54, 1.807) is 44.7 Å². The highest BCUT2D eigenvalue weighted by molar-refractivity contribution is 6.00. The molecule has 4 aliphatic heterocycles. The van der Waals surface area contributed by atoms with E-state index in [-0.39, 0.29) is 36.4 Å². The van der Waals surface area contributed by atoms with Crippen LogP contribution >= 0.6 is 0 Å². The van der Waals surface area contributed by atoms with Crippen LogP contribution in [0, 0.1) is 30.3 Å². The van der Waals surface area contributed by atoms with E-state index in [9.17, 15) is 28.4 Å². The molecule has 3 saturated heterocycles. The number of piperidine rings is 2. The number of piperazine rings is 1.